The van der Waals surface area contributed by atoms with Crippen LogP contribution in [-0.4, -0.2) is 36.1 Å². The van der Waals surface area contributed by atoms with Crippen LogP contribution in [0, 0.1) is 5.82 Å². The van der Waals surface area contributed by atoms with Crippen molar-refractivity contribution in [3.8, 4) is 11.5 Å². The molecule has 1 saturated heterocycles. The van der Waals surface area contributed by atoms with Gasteiger partial charge >= 0.3 is 6.03 Å². The molecule has 1 atom stereocenters. The van der Waals surface area contributed by atoms with Crippen LogP contribution in [-0.2, 0) is 15.1 Å². The lowest BCUT2D eigenvalue weighted by atomic mass is 9.91. The molecule has 2 heterocycles. The molecule has 4 rings (SSSR count). The van der Waals surface area contributed by atoms with Gasteiger partial charge in [-0.1, -0.05) is 18.2 Å². The van der Waals surface area contributed by atoms with Crippen LogP contribution in [0.1, 0.15) is 12.5 Å². The molecule has 4 amide bonds. The predicted molar refractivity (Wildman–Crippen MR) is 95.2 cm³/mol. The van der Waals surface area contributed by atoms with Gasteiger partial charge in [-0.3, -0.25) is 14.5 Å². The molecule has 28 heavy (non-hydrogen) atoms. The smallest absolute Gasteiger partial charge is 0.325 e. The number of ether oxygens (including phenoxy) is 2. The van der Waals surface area contributed by atoms with E-state index in [1.165, 1.54) is 18.2 Å². The summed E-state index contributed by atoms with van der Waals surface area (Å²) in [6, 6.07) is 9.82. The summed E-state index contributed by atoms with van der Waals surface area (Å²) in [6.45, 7) is 1.08. The summed E-state index contributed by atoms with van der Waals surface area (Å²) in [4.78, 5) is 38.3. The van der Waals surface area contributed by atoms with E-state index in [0.29, 0.717) is 17.1 Å². The average Bonchev–Trinajstić information content (AvgIpc) is 3.22. The number of hydrogen-bond acceptors (Lipinski definition) is 5. The summed E-state index contributed by atoms with van der Waals surface area (Å²) >= 11 is 0. The van der Waals surface area contributed by atoms with Gasteiger partial charge in [0.2, 0.25) is 12.7 Å². The summed E-state index contributed by atoms with van der Waals surface area (Å²) in [5.74, 6) is -0.886. The van der Waals surface area contributed by atoms with E-state index in [0.717, 1.165) is 4.90 Å². The first-order valence-corrected chi connectivity index (χ1v) is 8.47. The van der Waals surface area contributed by atoms with E-state index in [9.17, 15) is 18.8 Å². The Bertz CT molecular complexity index is 995. The fraction of sp³-hybridized carbons (Fsp3) is 0.211. The minimum atomic E-state index is -1.36. The minimum absolute atomic E-state index is 0.0295. The number of nitrogens with zero attached hydrogens (tertiary/aromatic N) is 1. The van der Waals surface area contributed by atoms with Crippen LogP contribution in [0.25, 0.3) is 0 Å². The quantitative estimate of drug-likeness (QED) is 0.785. The number of carbonyl (C=O) groups excluding carboxylic acids is 3. The number of halogens is 1. The van der Waals surface area contributed by atoms with E-state index >= 15 is 0 Å². The lowest BCUT2D eigenvalue weighted by Gasteiger charge is -2.22. The first kappa shape index (κ1) is 17.8. The maximum Gasteiger partial charge on any atom is 0.325 e. The molecule has 2 aliphatic rings. The molecule has 0 radical (unpaired) electrons. The highest BCUT2D eigenvalue weighted by molar-refractivity contribution is 6.10. The molecule has 1 fully saturated rings. The Balaban J connectivity index is 1.52. The molecule has 8 nitrogen and oxygen atoms in total. The Labute approximate surface area is 159 Å². The van der Waals surface area contributed by atoms with E-state index in [2.05, 4.69) is 10.6 Å². The second-order valence-electron chi connectivity index (χ2n) is 6.54. The van der Waals surface area contributed by atoms with Gasteiger partial charge in [0.15, 0.2) is 11.5 Å². The van der Waals surface area contributed by atoms with E-state index in [4.69, 9.17) is 9.47 Å². The lowest BCUT2D eigenvalue weighted by Crippen LogP contribution is -2.42. The number of rotatable bonds is 4. The number of carbonyl (C=O) groups is 3. The van der Waals surface area contributed by atoms with Gasteiger partial charge in [-0.2, -0.15) is 0 Å². The number of anilines is 1. The highest BCUT2D eigenvalue weighted by atomic mass is 19.1. The van der Waals surface area contributed by atoms with Crippen LogP contribution in [0.5, 0.6) is 11.5 Å². The van der Waals surface area contributed by atoms with Gasteiger partial charge in [-0.25, -0.2) is 9.18 Å². The topological polar surface area (TPSA) is 97.0 Å². The summed E-state index contributed by atoms with van der Waals surface area (Å²) in [7, 11) is 0. The number of nitrogens with one attached hydrogen (secondary N) is 2. The normalized spacial score (nSPS) is 20.3. The molecule has 0 bridgehead atoms. The third-order valence-corrected chi connectivity index (χ3v) is 4.67. The molecule has 0 unspecified atom stereocenters. The number of hydrogen-bond donors (Lipinski definition) is 2. The molecule has 0 spiro atoms. The summed E-state index contributed by atoms with van der Waals surface area (Å²) in [6.07, 6.45) is 0. The van der Waals surface area contributed by atoms with Crippen molar-refractivity contribution in [2.24, 2.45) is 0 Å². The minimum Gasteiger partial charge on any atom is -0.454 e. The highest BCUT2D eigenvalue weighted by Gasteiger charge is 2.49. The van der Waals surface area contributed by atoms with Gasteiger partial charge in [0, 0.05) is 0 Å². The number of urea groups is 1. The Morgan fingerprint density at radius 3 is 2.75 bits per heavy atom. The fourth-order valence-corrected chi connectivity index (χ4v) is 3.14. The van der Waals surface area contributed by atoms with Gasteiger partial charge in [0.05, 0.1) is 5.69 Å². The third-order valence-electron chi connectivity index (χ3n) is 4.67. The van der Waals surface area contributed by atoms with Crippen molar-refractivity contribution in [1.82, 2.24) is 10.2 Å². The van der Waals surface area contributed by atoms with E-state index in [1.54, 1.807) is 31.2 Å². The zero-order valence-electron chi connectivity index (χ0n) is 14.8. The summed E-state index contributed by atoms with van der Waals surface area (Å²) in [5.41, 5.74) is -0.902. The number of imide groups is 1. The molecule has 2 aromatic rings. The van der Waals surface area contributed by atoms with Gasteiger partial charge in [-0.05, 0) is 36.8 Å². The average molecular weight is 385 g/mol. The monoisotopic (exact) mass is 385 g/mol. The van der Waals surface area contributed by atoms with Crippen molar-refractivity contribution < 1.29 is 28.2 Å². The SMILES string of the molecule is C[C@@]1(c2ccc3c(c2)OCO3)NC(=O)N(CC(=O)Nc2ccccc2F)C1=O. The maximum atomic E-state index is 13.7. The summed E-state index contributed by atoms with van der Waals surface area (Å²) in [5, 5.41) is 4.96. The van der Waals surface area contributed by atoms with Gasteiger partial charge in [0.1, 0.15) is 17.9 Å². The van der Waals surface area contributed by atoms with E-state index < -0.39 is 35.7 Å². The van der Waals surface area contributed by atoms with Crippen LogP contribution < -0.4 is 20.1 Å². The first-order chi connectivity index (χ1) is 13.4. The maximum absolute atomic E-state index is 13.7. The zero-order valence-corrected chi connectivity index (χ0v) is 14.8. The van der Waals surface area contributed by atoms with E-state index in [-0.39, 0.29) is 12.5 Å². The molecule has 0 aromatic heterocycles. The molecule has 2 N–H and O–H groups in total. The first-order valence-electron chi connectivity index (χ1n) is 8.47. The molecule has 0 saturated carbocycles. The van der Waals surface area contributed by atoms with Crippen molar-refractivity contribution in [2.75, 3.05) is 18.7 Å². The molecular formula is C19H16FN3O5. The van der Waals surface area contributed by atoms with Crippen molar-refractivity contribution in [2.45, 2.75) is 12.5 Å². The molecule has 2 aliphatic heterocycles. The number of amides is 4. The third kappa shape index (κ3) is 2.90. The van der Waals surface area contributed by atoms with Crippen molar-refractivity contribution in [1.29, 1.82) is 0 Å². The summed E-state index contributed by atoms with van der Waals surface area (Å²) < 4.78 is 24.2. The molecule has 0 aliphatic carbocycles. The largest absolute Gasteiger partial charge is 0.454 e. The van der Waals surface area contributed by atoms with Crippen LogP contribution in [0.3, 0.4) is 0 Å². The van der Waals surface area contributed by atoms with Crippen molar-refractivity contribution in [3.05, 3.63) is 53.8 Å². The van der Waals surface area contributed by atoms with Gasteiger partial charge in [-0.15, -0.1) is 0 Å². The van der Waals surface area contributed by atoms with Gasteiger partial charge in [0.25, 0.3) is 5.91 Å². The van der Waals surface area contributed by atoms with E-state index in [1.807, 2.05) is 0 Å². The van der Waals surface area contributed by atoms with Crippen molar-refractivity contribution >= 4 is 23.5 Å². The fourth-order valence-electron chi connectivity index (χ4n) is 3.14. The number of benzene rings is 2. The molecule has 144 valence electrons. The second-order valence-corrected chi connectivity index (χ2v) is 6.54. The number of para-hydroxylation sites is 1. The van der Waals surface area contributed by atoms with Crippen LogP contribution in [0.15, 0.2) is 42.5 Å². The van der Waals surface area contributed by atoms with Crippen LogP contribution >= 0.6 is 0 Å². The number of fused-ring (bicyclic) bond motifs is 1. The Hall–Kier alpha value is -3.62. The predicted octanol–water partition coefficient (Wildman–Crippen LogP) is 1.96. The van der Waals surface area contributed by atoms with Gasteiger partial charge < -0.3 is 20.1 Å². The Morgan fingerprint density at radius 1 is 1.21 bits per heavy atom. The van der Waals surface area contributed by atoms with Crippen LogP contribution in [0.2, 0.25) is 0 Å². The lowest BCUT2D eigenvalue weighted by molar-refractivity contribution is -0.133. The Kier molecular flexibility index (Phi) is 4.14. The van der Waals surface area contributed by atoms with Crippen LogP contribution in [0.4, 0.5) is 14.9 Å². The molecule has 2 aromatic carbocycles. The molecular weight excluding hydrogens is 369 g/mol. The standard InChI is InChI=1S/C19H16FN3O5/c1-19(11-6-7-14-15(8-11)28-10-27-14)17(25)23(18(26)22-19)9-16(24)21-13-5-3-2-4-12(13)20/h2-8H,9-10H2,1H3,(H,21,24)(H,22,26)/t19-/m0/s1. The molecule has 9 heteroatoms. The zero-order chi connectivity index (χ0) is 19.9. The Morgan fingerprint density at radius 2 is 1.96 bits per heavy atom. The highest BCUT2D eigenvalue weighted by Crippen LogP contribution is 2.37. The second kappa shape index (κ2) is 6.52. The van der Waals surface area contributed by atoms with Crippen molar-refractivity contribution in [3.63, 3.8) is 0 Å².